The first-order valence-electron chi connectivity index (χ1n) is 12.3. The van der Waals surface area contributed by atoms with Crippen molar-refractivity contribution in [3.63, 3.8) is 0 Å². The topological polar surface area (TPSA) is 85.8 Å². The molecule has 2 aromatic rings. The van der Waals surface area contributed by atoms with E-state index >= 15 is 0 Å². The van der Waals surface area contributed by atoms with E-state index in [1.165, 1.54) is 11.1 Å². The van der Waals surface area contributed by atoms with Gasteiger partial charge in [0.2, 0.25) is 5.91 Å². The number of nitrogens with zero attached hydrogens (tertiary/aromatic N) is 3. The molecule has 1 atom stereocenters. The van der Waals surface area contributed by atoms with Crippen LogP contribution in [-0.2, 0) is 17.8 Å². The zero-order valence-corrected chi connectivity index (χ0v) is 20.3. The number of carbonyl (C=O) groups is 2. The Bertz CT molecular complexity index is 1010. The van der Waals surface area contributed by atoms with Crippen LogP contribution in [-0.4, -0.2) is 69.4 Å². The molecule has 34 heavy (non-hydrogen) atoms. The van der Waals surface area contributed by atoms with Crippen LogP contribution in [0.5, 0.6) is 0 Å². The Morgan fingerprint density at radius 1 is 1.15 bits per heavy atom. The second-order valence-corrected chi connectivity index (χ2v) is 10.0. The van der Waals surface area contributed by atoms with Crippen LogP contribution in [0.25, 0.3) is 0 Å². The van der Waals surface area contributed by atoms with Crippen LogP contribution < -0.4 is 5.32 Å². The Hall–Kier alpha value is -2.77. The Kier molecular flexibility index (Phi) is 7.63. The summed E-state index contributed by atoms with van der Waals surface area (Å²) in [6.07, 6.45) is 5.08. The molecule has 1 saturated heterocycles. The van der Waals surface area contributed by atoms with Gasteiger partial charge in [0.05, 0.1) is 5.60 Å². The number of carbonyl (C=O) groups excluding carboxylic acids is 2. The summed E-state index contributed by atoms with van der Waals surface area (Å²) in [6, 6.07) is 12.2. The first-order valence-corrected chi connectivity index (χ1v) is 12.3. The van der Waals surface area contributed by atoms with Gasteiger partial charge in [-0.25, -0.2) is 4.98 Å². The van der Waals surface area contributed by atoms with Crippen molar-refractivity contribution in [2.45, 2.75) is 64.1 Å². The van der Waals surface area contributed by atoms with Gasteiger partial charge >= 0.3 is 0 Å². The van der Waals surface area contributed by atoms with Crippen LogP contribution in [0.4, 0.5) is 5.82 Å². The fourth-order valence-corrected chi connectivity index (χ4v) is 5.01. The maximum atomic E-state index is 12.9. The van der Waals surface area contributed by atoms with Gasteiger partial charge in [0.15, 0.2) is 5.78 Å². The molecule has 1 aromatic carbocycles. The van der Waals surface area contributed by atoms with Crippen LogP contribution in [0.1, 0.15) is 61.0 Å². The molecule has 2 N–H and O–H groups in total. The number of hydrogen-bond acceptors (Lipinski definition) is 6. The standard InChI is InChI=1S/C27H36N4O3/c1-20(32)31-15-10-24(11-16-31)29-26-17-22(8-13-28-26)25(33)7-12-27(2,34)19-30-14-9-21-5-3-4-6-23(21)18-30/h3-6,8,13,17,24,34H,7,9-12,14-16,18-19H2,1-2H3,(H,28,29). The van der Waals surface area contributed by atoms with E-state index in [1.807, 2.05) is 11.8 Å². The van der Waals surface area contributed by atoms with Crippen LogP contribution in [0.15, 0.2) is 42.6 Å². The van der Waals surface area contributed by atoms with Gasteiger partial charge in [0.25, 0.3) is 0 Å². The number of anilines is 1. The van der Waals surface area contributed by atoms with Crippen LogP contribution in [0, 0.1) is 0 Å². The molecule has 1 unspecified atom stereocenters. The Labute approximate surface area is 202 Å². The average molecular weight is 465 g/mol. The highest BCUT2D eigenvalue weighted by atomic mass is 16.3. The number of nitrogens with one attached hydrogen (secondary N) is 1. The lowest BCUT2D eigenvalue weighted by molar-refractivity contribution is -0.129. The zero-order valence-electron chi connectivity index (χ0n) is 20.3. The van der Waals surface area contributed by atoms with Gasteiger partial charge in [0.1, 0.15) is 5.82 Å². The number of amides is 1. The van der Waals surface area contributed by atoms with Crippen molar-refractivity contribution in [2.24, 2.45) is 0 Å². The number of β-amino-alcohol motifs (C(OH)–C–C–N with tert-alkyl or cyclic N) is 1. The molecular formula is C27H36N4O3. The largest absolute Gasteiger partial charge is 0.389 e. The summed E-state index contributed by atoms with van der Waals surface area (Å²) in [5, 5.41) is 14.4. The monoisotopic (exact) mass is 464 g/mol. The highest BCUT2D eigenvalue weighted by Gasteiger charge is 2.27. The van der Waals surface area contributed by atoms with Gasteiger partial charge in [-0.1, -0.05) is 24.3 Å². The molecule has 0 aliphatic carbocycles. The minimum Gasteiger partial charge on any atom is -0.389 e. The first-order chi connectivity index (χ1) is 16.3. The number of likely N-dealkylation sites (tertiary alicyclic amines) is 1. The number of hydrogen-bond donors (Lipinski definition) is 2. The molecule has 1 amide bonds. The molecule has 2 aliphatic rings. The number of piperidine rings is 1. The summed E-state index contributed by atoms with van der Waals surface area (Å²) in [6.45, 7) is 7.22. The first kappa shape index (κ1) is 24.4. The van der Waals surface area contributed by atoms with E-state index in [0.717, 1.165) is 45.4 Å². The third-order valence-corrected chi connectivity index (χ3v) is 7.04. The van der Waals surface area contributed by atoms with Crippen molar-refractivity contribution in [1.29, 1.82) is 0 Å². The second kappa shape index (κ2) is 10.7. The molecule has 4 rings (SSSR count). The van der Waals surface area contributed by atoms with Gasteiger partial charge in [-0.15, -0.1) is 0 Å². The molecule has 1 aromatic heterocycles. The van der Waals surface area contributed by atoms with Crippen LogP contribution in [0.3, 0.4) is 0 Å². The van der Waals surface area contributed by atoms with Crippen molar-refractivity contribution in [3.05, 3.63) is 59.3 Å². The quantitative estimate of drug-likeness (QED) is 0.583. The van der Waals surface area contributed by atoms with Crippen molar-refractivity contribution in [2.75, 3.05) is 31.5 Å². The smallest absolute Gasteiger partial charge is 0.219 e. The van der Waals surface area contributed by atoms with E-state index in [1.54, 1.807) is 25.3 Å². The van der Waals surface area contributed by atoms with Gasteiger partial charge in [0, 0.05) is 63.9 Å². The van der Waals surface area contributed by atoms with Crippen LogP contribution in [0.2, 0.25) is 0 Å². The fraction of sp³-hybridized carbons (Fsp3) is 0.519. The number of benzene rings is 1. The van der Waals surface area contributed by atoms with Crippen LogP contribution >= 0.6 is 0 Å². The van der Waals surface area contributed by atoms with Crippen molar-refractivity contribution in [3.8, 4) is 0 Å². The molecular weight excluding hydrogens is 428 g/mol. The van der Waals surface area contributed by atoms with Gasteiger partial charge < -0.3 is 15.3 Å². The highest BCUT2D eigenvalue weighted by Crippen LogP contribution is 2.23. The molecule has 0 bridgehead atoms. The molecule has 0 spiro atoms. The summed E-state index contributed by atoms with van der Waals surface area (Å²) in [5.41, 5.74) is 2.40. The van der Waals surface area contributed by atoms with E-state index < -0.39 is 5.60 Å². The number of aliphatic hydroxyl groups is 1. The molecule has 7 heteroatoms. The van der Waals surface area contributed by atoms with Crippen molar-refractivity contribution in [1.82, 2.24) is 14.8 Å². The van der Waals surface area contributed by atoms with Gasteiger partial charge in [-0.3, -0.25) is 14.5 Å². The third-order valence-electron chi connectivity index (χ3n) is 7.04. The number of rotatable bonds is 8. The maximum absolute atomic E-state index is 12.9. The molecule has 1 fully saturated rings. The number of ketones is 1. The summed E-state index contributed by atoms with van der Waals surface area (Å²) < 4.78 is 0. The lowest BCUT2D eigenvalue weighted by atomic mass is 9.93. The van der Waals surface area contributed by atoms with E-state index in [4.69, 9.17) is 0 Å². The van der Waals surface area contributed by atoms with E-state index in [-0.39, 0.29) is 24.2 Å². The lowest BCUT2D eigenvalue weighted by Crippen LogP contribution is -2.43. The Morgan fingerprint density at radius 2 is 1.88 bits per heavy atom. The molecule has 182 valence electrons. The second-order valence-electron chi connectivity index (χ2n) is 10.0. The number of fused-ring (bicyclic) bond motifs is 1. The average Bonchev–Trinajstić information content (AvgIpc) is 2.83. The van der Waals surface area contributed by atoms with Gasteiger partial charge in [-0.05, 0) is 55.9 Å². The number of Topliss-reactive ketones (excluding diaryl/α,β-unsaturated/α-hetero) is 1. The molecule has 0 radical (unpaired) electrons. The SMILES string of the molecule is CC(=O)N1CCC(Nc2cc(C(=O)CCC(C)(O)CN3CCc4ccccc4C3)ccn2)CC1. The highest BCUT2D eigenvalue weighted by molar-refractivity contribution is 5.96. The number of pyridine rings is 1. The summed E-state index contributed by atoms with van der Waals surface area (Å²) in [4.78, 5) is 32.9. The normalized spacial score (nSPS) is 18.7. The molecule has 3 heterocycles. The maximum Gasteiger partial charge on any atom is 0.219 e. The third kappa shape index (κ3) is 6.42. The lowest BCUT2D eigenvalue weighted by Gasteiger charge is -2.34. The predicted octanol–water partition coefficient (Wildman–Crippen LogP) is 3.28. The molecule has 7 nitrogen and oxygen atoms in total. The predicted molar refractivity (Wildman–Crippen MR) is 133 cm³/mol. The van der Waals surface area contributed by atoms with E-state index in [2.05, 4.69) is 39.5 Å². The molecule has 0 saturated carbocycles. The number of aromatic nitrogens is 1. The van der Waals surface area contributed by atoms with E-state index in [9.17, 15) is 14.7 Å². The zero-order chi connectivity index (χ0) is 24.1. The Morgan fingerprint density at radius 3 is 2.62 bits per heavy atom. The van der Waals surface area contributed by atoms with Crippen molar-refractivity contribution >= 4 is 17.5 Å². The fourth-order valence-electron chi connectivity index (χ4n) is 5.01. The summed E-state index contributed by atoms with van der Waals surface area (Å²) in [7, 11) is 0. The summed E-state index contributed by atoms with van der Waals surface area (Å²) >= 11 is 0. The summed E-state index contributed by atoms with van der Waals surface area (Å²) in [5.74, 6) is 0.817. The molecule has 2 aliphatic heterocycles. The van der Waals surface area contributed by atoms with E-state index in [0.29, 0.717) is 24.3 Å². The minimum absolute atomic E-state index is 0.0149. The minimum atomic E-state index is -0.930. The van der Waals surface area contributed by atoms with Gasteiger partial charge in [-0.2, -0.15) is 0 Å². The van der Waals surface area contributed by atoms with Crippen molar-refractivity contribution < 1.29 is 14.7 Å². The Balaban J connectivity index is 1.27.